The van der Waals surface area contributed by atoms with E-state index in [0.717, 1.165) is 0 Å². The van der Waals surface area contributed by atoms with Crippen LogP contribution < -0.4 is 0 Å². The maximum Gasteiger partial charge on any atom is 0.339 e. The standard InChI is InChI=1S/C9H5Cl2NO3S/c10-9(11)8(6-12)15-16(13,14)7-4-2-1-3-5-7/h1-5H. The molecule has 0 heterocycles. The van der Waals surface area contributed by atoms with Gasteiger partial charge in [0.2, 0.25) is 5.76 Å². The number of hydrogen-bond donors (Lipinski definition) is 0. The highest BCUT2D eigenvalue weighted by atomic mass is 35.5. The number of hydrogen-bond acceptors (Lipinski definition) is 4. The average molecular weight is 278 g/mol. The van der Waals surface area contributed by atoms with Gasteiger partial charge in [-0.25, -0.2) is 0 Å². The van der Waals surface area contributed by atoms with Crippen molar-refractivity contribution in [1.29, 1.82) is 5.26 Å². The van der Waals surface area contributed by atoms with Gasteiger partial charge in [-0.3, -0.25) is 0 Å². The topological polar surface area (TPSA) is 67.2 Å². The third-order valence-electron chi connectivity index (χ3n) is 1.50. The lowest BCUT2D eigenvalue weighted by molar-refractivity contribution is 0.422. The summed E-state index contributed by atoms with van der Waals surface area (Å²) in [6, 6.07) is 8.79. The average Bonchev–Trinajstić information content (AvgIpc) is 2.27. The van der Waals surface area contributed by atoms with Crippen molar-refractivity contribution in [3.05, 3.63) is 40.6 Å². The summed E-state index contributed by atoms with van der Waals surface area (Å²) in [6.45, 7) is 0. The van der Waals surface area contributed by atoms with Crippen molar-refractivity contribution in [2.24, 2.45) is 0 Å². The van der Waals surface area contributed by atoms with E-state index in [-0.39, 0.29) is 4.90 Å². The first-order valence-corrected chi connectivity index (χ1v) is 6.08. The number of nitriles is 1. The van der Waals surface area contributed by atoms with Crippen molar-refractivity contribution in [3.8, 4) is 6.07 Å². The molecule has 1 aromatic rings. The maximum absolute atomic E-state index is 11.6. The highest BCUT2D eigenvalue weighted by molar-refractivity contribution is 7.86. The Morgan fingerprint density at radius 1 is 1.25 bits per heavy atom. The van der Waals surface area contributed by atoms with Gasteiger partial charge in [0.15, 0.2) is 4.49 Å². The molecule has 16 heavy (non-hydrogen) atoms. The van der Waals surface area contributed by atoms with Crippen molar-refractivity contribution >= 4 is 33.3 Å². The lowest BCUT2D eigenvalue weighted by Gasteiger charge is -2.04. The van der Waals surface area contributed by atoms with Gasteiger partial charge in [0.05, 0.1) is 0 Å². The van der Waals surface area contributed by atoms with Crippen molar-refractivity contribution in [3.63, 3.8) is 0 Å². The zero-order chi connectivity index (χ0) is 12.2. The molecule has 0 unspecified atom stereocenters. The maximum atomic E-state index is 11.6. The number of benzene rings is 1. The van der Waals surface area contributed by atoms with Gasteiger partial charge in [-0.05, 0) is 12.1 Å². The zero-order valence-electron chi connectivity index (χ0n) is 7.72. The number of allylic oxidation sites excluding steroid dienone is 1. The second-order valence-corrected chi connectivity index (χ2v) is 5.05. The minimum atomic E-state index is -4.07. The zero-order valence-corrected chi connectivity index (χ0v) is 10.1. The third-order valence-corrected chi connectivity index (χ3v) is 3.08. The van der Waals surface area contributed by atoms with Gasteiger partial charge < -0.3 is 4.18 Å². The summed E-state index contributed by atoms with van der Waals surface area (Å²) < 4.78 is 27.1. The number of nitrogens with zero attached hydrogens (tertiary/aromatic N) is 1. The summed E-state index contributed by atoms with van der Waals surface area (Å²) in [4.78, 5) is -0.0858. The largest absolute Gasteiger partial charge is 0.365 e. The molecule has 0 saturated heterocycles. The minimum Gasteiger partial charge on any atom is -0.365 e. The van der Waals surface area contributed by atoms with Crippen LogP contribution in [0.5, 0.6) is 0 Å². The summed E-state index contributed by atoms with van der Waals surface area (Å²) in [7, 11) is -4.07. The molecule has 1 aromatic carbocycles. The van der Waals surface area contributed by atoms with Crippen LogP contribution in [0.25, 0.3) is 0 Å². The van der Waals surface area contributed by atoms with E-state index in [1.54, 1.807) is 6.07 Å². The van der Waals surface area contributed by atoms with Crippen molar-refractivity contribution in [1.82, 2.24) is 0 Å². The summed E-state index contributed by atoms with van der Waals surface area (Å²) >= 11 is 10.5. The molecule has 0 N–H and O–H groups in total. The summed E-state index contributed by atoms with van der Waals surface area (Å²) in [5, 5.41) is 8.54. The minimum absolute atomic E-state index is 0.0858. The smallest absolute Gasteiger partial charge is 0.339 e. The monoisotopic (exact) mass is 277 g/mol. The molecule has 0 atom stereocenters. The molecule has 84 valence electrons. The lowest BCUT2D eigenvalue weighted by Crippen LogP contribution is -2.05. The normalized spacial score (nSPS) is 10.3. The Bertz CT molecular complexity index is 542. The van der Waals surface area contributed by atoms with Gasteiger partial charge in [0.1, 0.15) is 11.0 Å². The van der Waals surface area contributed by atoms with Crippen LogP contribution in [0.15, 0.2) is 45.5 Å². The van der Waals surface area contributed by atoms with E-state index in [1.165, 1.54) is 30.3 Å². The predicted octanol–water partition coefficient (Wildman–Crippen LogP) is 2.56. The molecule has 7 heteroatoms. The highest BCUT2D eigenvalue weighted by Gasteiger charge is 2.19. The Morgan fingerprint density at radius 2 is 1.81 bits per heavy atom. The van der Waals surface area contributed by atoms with Crippen LogP contribution in [0.1, 0.15) is 0 Å². The molecular formula is C9H5Cl2NO3S. The van der Waals surface area contributed by atoms with Gasteiger partial charge in [-0.1, -0.05) is 41.4 Å². The van der Waals surface area contributed by atoms with E-state index < -0.39 is 20.4 Å². The van der Waals surface area contributed by atoms with Gasteiger partial charge in [-0.2, -0.15) is 13.7 Å². The lowest BCUT2D eigenvalue weighted by atomic mass is 10.4. The van der Waals surface area contributed by atoms with Crippen molar-refractivity contribution < 1.29 is 12.6 Å². The molecule has 1 rings (SSSR count). The SMILES string of the molecule is N#CC(OS(=O)(=O)c1ccccc1)=C(Cl)Cl. The summed E-state index contributed by atoms with van der Waals surface area (Å²) in [5.74, 6) is -0.660. The highest BCUT2D eigenvalue weighted by Crippen LogP contribution is 2.20. The van der Waals surface area contributed by atoms with Crippen LogP contribution in [-0.2, 0) is 14.3 Å². The molecule has 0 bridgehead atoms. The molecule has 4 nitrogen and oxygen atoms in total. The van der Waals surface area contributed by atoms with Gasteiger partial charge in [0.25, 0.3) is 0 Å². The van der Waals surface area contributed by atoms with Gasteiger partial charge >= 0.3 is 10.1 Å². The Hall–Kier alpha value is -1.22. The molecule has 0 aliphatic heterocycles. The summed E-state index contributed by atoms with van der Waals surface area (Å²) in [5.41, 5.74) is 0. The second kappa shape index (κ2) is 5.21. The van der Waals surface area contributed by atoms with Crippen molar-refractivity contribution in [2.45, 2.75) is 4.90 Å². The molecule has 0 aliphatic carbocycles. The fraction of sp³-hybridized carbons (Fsp3) is 0. The Kier molecular flexibility index (Phi) is 4.19. The summed E-state index contributed by atoms with van der Waals surface area (Å²) in [6.07, 6.45) is 0. The molecule has 0 fully saturated rings. The second-order valence-electron chi connectivity index (χ2n) is 2.55. The molecule has 0 saturated carbocycles. The van der Waals surface area contributed by atoms with Gasteiger partial charge in [0, 0.05) is 0 Å². The van der Waals surface area contributed by atoms with Crippen molar-refractivity contribution in [2.75, 3.05) is 0 Å². The first-order chi connectivity index (χ1) is 7.47. The molecular weight excluding hydrogens is 273 g/mol. The predicted molar refractivity (Wildman–Crippen MR) is 59.1 cm³/mol. The van der Waals surface area contributed by atoms with E-state index in [0.29, 0.717) is 0 Å². The molecule has 0 amide bonds. The van der Waals surface area contributed by atoms with E-state index in [1.807, 2.05) is 0 Å². The quantitative estimate of drug-likeness (QED) is 0.484. The molecule has 0 radical (unpaired) electrons. The molecule has 0 spiro atoms. The number of rotatable bonds is 3. The third kappa shape index (κ3) is 3.14. The van der Waals surface area contributed by atoms with E-state index >= 15 is 0 Å². The Labute approximate surface area is 103 Å². The number of halogens is 2. The fourth-order valence-electron chi connectivity index (χ4n) is 0.837. The first-order valence-electron chi connectivity index (χ1n) is 3.92. The first kappa shape index (κ1) is 12.8. The van der Waals surface area contributed by atoms with Crippen LogP contribution >= 0.6 is 23.2 Å². The Morgan fingerprint density at radius 3 is 2.25 bits per heavy atom. The Balaban J connectivity index is 3.09. The van der Waals surface area contributed by atoms with E-state index in [4.69, 9.17) is 28.5 Å². The van der Waals surface area contributed by atoms with Crippen LogP contribution in [0.4, 0.5) is 0 Å². The van der Waals surface area contributed by atoms with E-state index in [2.05, 4.69) is 4.18 Å². The van der Waals surface area contributed by atoms with Gasteiger partial charge in [-0.15, -0.1) is 0 Å². The van der Waals surface area contributed by atoms with E-state index in [9.17, 15) is 8.42 Å². The van der Waals surface area contributed by atoms with Crippen LogP contribution in [0.3, 0.4) is 0 Å². The van der Waals surface area contributed by atoms with Crippen LogP contribution in [0.2, 0.25) is 0 Å². The molecule has 0 aliphatic rings. The van der Waals surface area contributed by atoms with Crippen LogP contribution in [-0.4, -0.2) is 8.42 Å². The fourth-order valence-corrected chi connectivity index (χ4v) is 2.02. The molecule has 0 aromatic heterocycles. The van der Waals surface area contributed by atoms with Crippen LogP contribution in [0, 0.1) is 11.3 Å².